The number of aromatic nitrogens is 3. The Labute approximate surface area is 152 Å². The lowest BCUT2D eigenvalue weighted by atomic mass is 9.94. The Morgan fingerprint density at radius 2 is 1.85 bits per heavy atom. The molecular formula is C19H23N5O2. The maximum Gasteiger partial charge on any atom is 0.250 e. The van der Waals surface area contributed by atoms with Crippen LogP contribution in [0.25, 0.3) is 0 Å². The summed E-state index contributed by atoms with van der Waals surface area (Å²) in [6.07, 6.45) is 6.12. The van der Waals surface area contributed by atoms with E-state index in [0.29, 0.717) is 25.9 Å². The lowest BCUT2D eigenvalue weighted by molar-refractivity contribution is -0.139. The number of carbonyl (C=O) groups excluding carboxylic acids is 2. The monoisotopic (exact) mass is 353 g/mol. The number of benzene rings is 1. The van der Waals surface area contributed by atoms with E-state index in [9.17, 15) is 9.59 Å². The standard InChI is InChI=1S/C19H23N5O2/c1-22(16-5-3-2-4-6-16)17(25)15-7-11-23(12-8-15)18(26)19(9-10-19)24-14-20-13-21-24/h2-6,13-15H,7-12H2,1H3. The van der Waals surface area contributed by atoms with Gasteiger partial charge in [-0.2, -0.15) is 5.10 Å². The van der Waals surface area contributed by atoms with E-state index in [1.165, 1.54) is 6.33 Å². The topological polar surface area (TPSA) is 71.3 Å². The van der Waals surface area contributed by atoms with Crippen molar-refractivity contribution < 1.29 is 9.59 Å². The highest BCUT2D eigenvalue weighted by atomic mass is 16.2. The number of nitrogens with zero attached hydrogens (tertiary/aromatic N) is 5. The van der Waals surface area contributed by atoms with Crippen LogP contribution in [-0.2, 0) is 15.1 Å². The van der Waals surface area contributed by atoms with Crippen molar-refractivity contribution >= 4 is 17.5 Å². The van der Waals surface area contributed by atoms with Gasteiger partial charge in [0.2, 0.25) is 5.91 Å². The van der Waals surface area contributed by atoms with E-state index in [1.807, 2.05) is 42.3 Å². The second-order valence-electron chi connectivity index (χ2n) is 7.17. The van der Waals surface area contributed by atoms with E-state index in [1.54, 1.807) is 15.9 Å². The summed E-state index contributed by atoms with van der Waals surface area (Å²) >= 11 is 0. The fraction of sp³-hybridized carbons (Fsp3) is 0.474. The number of carbonyl (C=O) groups is 2. The molecule has 0 bridgehead atoms. The summed E-state index contributed by atoms with van der Waals surface area (Å²) in [7, 11) is 1.82. The lowest BCUT2D eigenvalue weighted by Gasteiger charge is -2.35. The molecule has 0 unspecified atom stereocenters. The van der Waals surface area contributed by atoms with E-state index in [2.05, 4.69) is 10.1 Å². The number of amides is 2. The summed E-state index contributed by atoms with van der Waals surface area (Å²) < 4.78 is 1.69. The van der Waals surface area contributed by atoms with Gasteiger partial charge in [-0.15, -0.1) is 0 Å². The van der Waals surface area contributed by atoms with Gasteiger partial charge in [-0.05, 0) is 37.8 Å². The molecule has 7 heteroatoms. The molecule has 1 saturated heterocycles. The molecule has 1 aliphatic carbocycles. The highest BCUT2D eigenvalue weighted by Gasteiger charge is 2.54. The van der Waals surface area contributed by atoms with Crippen LogP contribution in [-0.4, -0.2) is 51.6 Å². The molecule has 1 saturated carbocycles. The molecular weight excluding hydrogens is 330 g/mol. The molecule has 26 heavy (non-hydrogen) atoms. The van der Waals surface area contributed by atoms with Crippen LogP contribution in [0.15, 0.2) is 43.0 Å². The zero-order chi connectivity index (χ0) is 18.1. The van der Waals surface area contributed by atoms with Crippen molar-refractivity contribution in [1.29, 1.82) is 0 Å². The van der Waals surface area contributed by atoms with Gasteiger partial charge in [0.1, 0.15) is 18.2 Å². The molecule has 0 atom stereocenters. The van der Waals surface area contributed by atoms with Crippen molar-refractivity contribution in [2.24, 2.45) is 5.92 Å². The third-order valence-corrected chi connectivity index (χ3v) is 5.58. The highest BCUT2D eigenvalue weighted by Crippen LogP contribution is 2.45. The zero-order valence-corrected chi connectivity index (χ0v) is 14.9. The number of anilines is 1. The normalized spacial score (nSPS) is 19.2. The van der Waals surface area contributed by atoms with Crippen molar-refractivity contribution in [1.82, 2.24) is 19.7 Å². The Morgan fingerprint density at radius 3 is 2.42 bits per heavy atom. The van der Waals surface area contributed by atoms with E-state index >= 15 is 0 Å². The van der Waals surface area contributed by atoms with Gasteiger partial charge in [-0.1, -0.05) is 18.2 Å². The molecule has 4 rings (SSSR count). The maximum absolute atomic E-state index is 13.0. The second-order valence-corrected chi connectivity index (χ2v) is 7.17. The number of hydrogen-bond donors (Lipinski definition) is 0. The summed E-state index contributed by atoms with van der Waals surface area (Å²) in [4.78, 5) is 33.3. The fourth-order valence-corrected chi connectivity index (χ4v) is 3.77. The molecule has 7 nitrogen and oxygen atoms in total. The van der Waals surface area contributed by atoms with E-state index in [0.717, 1.165) is 18.5 Å². The molecule has 0 spiro atoms. The molecule has 1 aromatic heterocycles. The van der Waals surface area contributed by atoms with Gasteiger partial charge in [0.15, 0.2) is 0 Å². The first-order valence-electron chi connectivity index (χ1n) is 9.09. The average Bonchev–Trinajstić information content (AvgIpc) is 3.32. The summed E-state index contributed by atoms with van der Waals surface area (Å²) in [6.45, 7) is 1.24. The molecule has 2 amide bonds. The quantitative estimate of drug-likeness (QED) is 0.838. The zero-order valence-electron chi connectivity index (χ0n) is 14.9. The number of rotatable bonds is 4. The molecule has 0 radical (unpaired) electrons. The number of likely N-dealkylation sites (tertiary alicyclic amines) is 1. The predicted octanol–water partition coefficient (Wildman–Crippen LogP) is 1.67. The summed E-state index contributed by atoms with van der Waals surface area (Å²) in [6, 6.07) is 9.67. The molecule has 2 fully saturated rings. The van der Waals surface area contributed by atoms with E-state index in [-0.39, 0.29) is 17.7 Å². The minimum atomic E-state index is -0.534. The van der Waals surface area contributed by atoms with Crippen molar-refractivity contribution in [2.45, 2.75) is 31.2 Å². The summed E-state index contributed by atoms with van der Waals surface area (Å²) in [5.41, 5.74) is 0.368. The molecule has 2 aliphatic rings. The first kappa shape index (κ1) is 16.8. The lowest BCUT2D eigenvalue weighted by Crippen LogP contribution is -2.48. The fourth-order valence-electron chi connectivity index (χ4n) is 3.77. The third kappa shape index (κ3) is 2.87. The van der Waals surface area contributed by atoms with Crippen molar-refractivity contribution in [3.05, 3.63) is 43.0 Å². The van der Waals surface area contributed by atoms with Gasteiger partial charge in [-0.3, -0.25) is 9.59 Å². The van der Waals surface area contributed by atoms with Gasteiger partial charge in [0.05, 0.1) is 0 Å². The Hall–Kier alpha value is -2.70. The molecule has 0 N–H and O–H groups in total. The Balaban J connectivity index is 1.37. The van der Waals surface area contributed by atoms with Crippen LogP contribution in [0.1, 0.15) is 25.7 Å². The molecule has 1 aromatic carbocycles. The van der Waals surface area contributed by atoms with Gasteiger partial charge < -0.3 is 9.80 Å². The van der Waals surface area contributed by atoms with Crippen LogP contribution in [0.3, 0.4) is 0 Å². The second kappa shape index (κ2) is 6.55. The first-order chi connectivity index (χ1) is 12.6. The number of piperidine rings is 1. The van der Waals surface area contributed by atoms with Crippen LogP contribution in [0.2, 0.25) is 0 Å². The Kier molecular flexibility index (Phi) is 4.22. The predicted molar refractivity (Wildman–Crippen MR) is 96.4 cm³/mol. The third-order valence-electron chi connectivity index (χ3n) is 5.58. The highest BCUT2D eigenvalue weighted by molar-refractivity contribution is 5.95. The van der Waals surface area contributed by atoms with Gasteiger partial charge in [0.25, 0.3) is 5.91 Å². The van der Waals surface area contributed by atoms with Gasteiger partial charge >= 0.3 is 0 Å². The van der Waals surface area contributed by atoms with Crippen LogP contribution < -0.4 is 4.90 Å². The smallest absolute Gasteiger partial charge is 0.250 e. The molecule has 2 heterocycles. The van der Waals surface area contributed by atoms with E-state index in [4.69, 9.17) is 0 Å². The number of hydrogen-bond acceptors (Lipinski definition) is 4. The number of para-hydroxylation sites is 1. The van der Waals surface area contributed by atoms with Crippen LogP contribution in [0.5, 0.6) is 0 Å². The largest absolute Gasteiger partial charge is 0.341 e. The molecule has 136 valence electrons. The maximum atomic E-state index is 13.0. The first-order valence-corrected chi connectivity index (χ1v) is 9.09. The van der Waals surface area contributed by atoms with Gasteiger partial charge in [-0.25, -0.2) is 9.67 Å². The minimum Gasteiger partial charge on any atom is -0.341 e. The summed E-state index contributed by atoms with van der Waals surface area (Å²) in [5.74, 6) is 0.205. The van der Waals surface area contributed by atoms with Crippen LogP contribution in [0, 0.1) is 5.92 Å². The van der Waals surface area contributed by atoms with Crippen molar-refractivity contribution in [3.63, 3.8) is 0 Å². The van der Waals surface area contributed by atoms with Crippen LogP contribution >= 0.6 is 0 Å². The average molecular weight is 353 g/mol. The Bertz CT molecular complexity index is 778. The van der Waals surface area contributed by atoms with Gasteiger partial charge in [0, 0.05) is 31.7 Å². The SMILES string of the molecule is CN(C(=O)C1CCN(C(=O)C2(n3cncn3)CC2)CC1)c1ccccc1. The minimum absolute atomic E-state index is 0.0363. The Morgan fingerprint density at radius 1 is 1.15 bits per heavy atom. The molecule has 2 aromatic rings. The van der Waals surface area contributed by atoms with Crippen molar-refractivity contribution in [2.75, 3.05) is 25.0 Å². The van der Waals surface area contributed by atoms with Crippen molar-refractivity contribution in [3.8, 4) is 0 Å². The van der Waals surface area contributed by atoms with E-state index < -0.39 is 5.54 Å². The molecule has 1 aliphatic heterocycles. The van der Waals surface area contributed by atoms with Crippen LogP contribution in [0.4, 0.5) is 5.69 Å². The summed E-state index contributed by atoms with van der Waals surface area (Å²) in [5, 5.41) is 4.16.